The summed E-state index contributed by atoms with van der Waals surface area (Å²) >= 11 is 9.35. The number of benzene rings is 1. The number of halogens is 2. The summed E-state index contributed by atoms with van der Waals surface area (Å²) in [6.45, 7) is 0.519. The topological polar surface area (TPSA) is 46.2 Å². The maximum Gasteiger partial charge on any atom is 0.240 e. The van der Waals surface area contributed by atoms with Crippen LogP contribution in [0.1, 0.15) is 25.7 Å². The van der Waals surface area contributed by atoms with Crippen LogP contribution in [-0.2, 0) is 10.0 Å². The van der Waals surface area contributed by atoms with Crippen LogP contribution >= 0.6 is 27.5 Å². The molecule has 0 saturated heterocycles. The van der Waals surface area contributed by atoms with E-state index in [4.69, 9.17) is 11.6 Å². The number of hydrogen-bond donors (Lipinski definition) is 1. The Kier molecular flexibility index (Phi) is 5.29. The summed E-state index contributed by atoms with van der Waals surface area (Å²) in [5.74, 6) is 0.441. The second kappa shape index (κ2) is 6.57. The highest BCUT2D eigenvalue weighted by Crippen LogP contribution is 2.28. The van der Waals surface area contributed by atoms with Gasteiger partial charge in [0, 0.05) is 16.4 Å². The average molecular weight is 367 g/mol. The highest BCUT2D eigenvalue weighted by Gasteiger charge is 2.21. The van der Waals surface area contributed by atoms with Gasteiger partial charge in [0.25, 0.3) is 0 Å². The third kappa shape index (κ3) is 4.45. The number of sulfonamides is 1. The Morgan fingerprint density at radius 1 is 1.16 bits per heavy atom. The number of rotatable bonds is 4. The Balaban J connectivity index is 1.92. The van der Waals surface area contributed by atoms with E-state index in [0.29, 0.717) is 22.3 Å². The van der Waals surface area contributed by atoms with Gasteiger partial charge in [0.05, 0.1) is 4.90 Å². The van der Waals surface area contributed by atoms with Crippen LogP contribution in [0, 0.1) is 5.92 Å². The minimum Gasteiger partial charge on any atom is -0.211 e. The van der Waals surface area contributed by atoms with E-state index in [0.717, 1.165) is 25.7 Å². The van der Waals surface area contributed by atoms with E-state index >= 15 is 0 Å². The molecule has 0 spiro atoms. The zero-order valence-corrected chi connectivity index (χ0v) is 13.6. The van der Waals surface area contributed by atoms with Gasteiger partial charge in [0.15, 0.2) is 0 Å². The van der Waals surface area contributed by atoms with Gasteiger partial charge < -0.3 is 0 Å². The normalized spacial score (nSPS) is 24.3. The van der Waals surface area contributed by atoms with Crippen molar-refractivity contribution >= 4 is 37.6 Å². The molecule has 0 unspecified atom stereocenters. The molecule has 0 atom stereocenters. The van der Waals surface area contributed by atoms with E-state index in [-0.39, 0.29) is 4.90 Å². The molecular formula is C13H17BrClNO2S. The van der Waals surface area contributed by atoms with Crippen molar-refractivity contribution in [3.8, 4) is 0 Å². The summed E-state index contributed by atoms with van der Waals surface area (Å²) in [5, 5.41) is 0.537. The van der Waals surface area contributed by atoms with Crippen molar-refractivity contribution in [1.29, 1.82) is 0 Å². The third-order valence-corrected chi connectivity index (χ3v) is 6.07. The molecule has 6 heteroatoms. The molecule has 1 saturated carbocycles. The maximum absolute atomic E-state index is 12.1. The van der Waals surface area contributed by atoms with Gasteiger partial charge in [-0.1, -0.05) is 27.5 Å². The Bertz CT molecular complexity index is 510. The predicted molar refractivity (Wildman–Crippen MR) is 81.3 cm³/mol. The number of nitrogens with one attached hydrogen (secondary N) is 1. The van der Waals surface area contributed by atoms with Crippen LogP contribution in [0.4, 0.5) is 0 Å². The molecule has 0 aromatic heterocycles. The van der Waals surface area contributed by atoms with E-state index < -0.39 is 10.0 Å². The molecular weight excluding hydrogens is 350 g/mol. The first-order chi connectivity index (χ1) is 8.97. The lowest BCUT2D eigenvalue weighted by Gasteiger charge is -2.25. The minimum atomic E-state index is -3.41. The van der Waals surface area contributed by atoms with Crippen LogP contribution < -0.4 is 4.72 Å². The Labute approximate surface area is 127 Å². The quantitative estimate of drug-likeness (QED) is 0.828. The lowest BCUT2D eigenvalue weighted by Crippen LogP contribution is -2.31. The zero-order chi connectivity index (χ0) is 13.9. The van der Waals surface area contributed by atoms with Crippen molar-refractivity contribution in [2.45, 2.75) is 35.4 Å². The van der Waals surface area contributed by atoms with Gasteiger partial charge in [-0.15, -0.1) is 0 Å². The Morgan fingerprint density at radius 3 is 2.32 bits per heavy atom. The molecule has 1 aliphatic carbocycles. The van der Waals surface area contributed by atoms with Crippen molar-refractivity contribution < 1.29 is 8.42 Å². The maximum atomic E-state index is 12.1. The van der Waals surface area contributed by atoms with Gasteiger partial charge in [0.1, 0.15) is 0 Å². The van der Waals surface area contributed by atoms with Crippen LogP contribution in [0.2, 0.25) is 5.02 Å². The molecule has 19 heavy (non-hydrogen) atoms. The van der Waals surface area contributed by atoms with Gasteiger partial charge in [-0.05, 0) is 55.9 Å². The van der Waals surface area contributed by atoms with E-state index in [1.165, 1.54) is 12.1 Å². The van der Waals surface area contributed by atoms with Crippen molar-refractivity contribution in [1.82, 2.24) is 4.72 Å². The number of alkyl halides is 1. The molecule has 2 rings (SSSR count). The Morgan fingerprint density at radius 2 is 1.74 bits per heavy atom. The molecule has 0 radical (unpaired) electrons. The van der Waals surface area contributed by atoms with E-state index in [1.54, 1.807) is 12.1 Å². The smallest absolute Gasteiger partial charge is 0.211 e. The molecule has 1 aliphatic rings. The van der Waals surface area contributed by atoms with Gasteiger partial charge in [-0.3, -0.25) is 0 Å². The fraction of sp³-hybridized carbons (Fsp3) is 0.538. The molecule has 3 nitrogen and oxygen atoms in total. The molecule has 0 amide bonds. The second-order valence-corrected chi connectivity index (χ2v) is 8.42. The fourth-order valence-corrected chi connectivity index (χ4v) is 4.02. The molecule has 0 bridgehead atoms. The standard InChI is InChI=1S/C13H17BrClNO2S/c14-11-3-1-10(2-4-11)9-16-19(17,18)13-7-5-12(15)6-8-13/h5-8,10-11,16H,1-4,9H2. The summed E-state index contributed by atoms with van der Waals surface area (Å²) in [6.07, 6.45) is 4.37. The van der Waals surface area contributed by atoms with E-state index in [9.17, 15) is 8.42 Å². The number of hydrogen-bond acceptors (Lipinski definition) is 2. The SMILES string of the molecule is O=S(=O)(NCC1CCC(Br)CC1)c1ccc(Cl)cc1. The first-order valence-corrected chi connectivity index (χ1v) is 9.14. The average Bonchev–Trinajstić information content (AvgIpc) is 2.39. The molecule has 1 aromatic carbocycles. The summed E-state index contributed by atoms with van der Waals surface area (Å²) < 4.78 is 26.9. The molecule has 106 valence electrons. The monoisotopic (exact) mass is 365 g/mol. The molecule has 0 heterocycles. The van der Waals surface area contributed by atoms with Crippen molar-refractivity contribution in [2.75, 3.05) is 6.54 Å². The Hall–Kier alpha value is -0.100. The largest absolute Gasteiger partial charge is 0.240 e. The summed E-state index contributed by atoms with van der Waals surface area (Å²) in [7, 11) is -3.41. The summed E-state index contributed by atoms with van der Waals surface area (Å²) in [5.41, 5.74) is 0. The lowest BCUT2D eigenvalue weighted by atomic mass is 9.89. The first-order valence-electron chi connectivity index (χ1n) is 6.36. The molecule has 0 aliphatic heterocycles. The third-order valence-electron chi connectivity index (χ3n) is 3.46. The first kappa shape index (κ1) is 15.3. The van der Waals surface area contributed by atoms with Crippen LogP contribution in [0.15, 0.2) is 29.2 Å². The van der Waals surface area contributed by atoms with Crippen LogP contribution in [-0.4, -0.2) is 19.8 Å². The highest BCUT2D eigenvalue weighted by molar-refractivity contribution is 9.09. The van der Waals surface area contributed by atoms with Gasteiger partial charge >= 0.3 is 0 Å². The van der Waals surface area contributed by atoms with Gasteiger partial charge in [-0.25, -0.2) is 13.1 Å². The van der Waals surface area contributed by atoms with Gasteiger partial charge in [-0.2, -0.15) is 0 Å². The highest BCUT2D eigenvalue weighted by atomic mass is 79.9. The summed E-state index contributed by atoms with van der Waals surface area (Å²) in [6, 6.07) is 6.23. The van der Waals surface area contributed by atoms with Crippen LogP contribution in [0.3, 0.4) is 0 Å². The van der Waals surface area contributed by atoms with E-state index in [1.807, 2.05) is 0 Å². The molecule has 1 fully saturated rings. The van der Waals surface area contributed by atoms with Crippen LogP contribution in [0.5, 0.6) is 0 Å². The van der Waals surface area contributed by atoms with E-state index in [2.05, 4.69) is 20.7 Å². The predicted octanol–water partition coefficient (Wildman–Crippen LogP) is 3.57. The molecule has 1 aromatic rings. The fourth-order valence-electron chi connectivity index (χ4n) is 2.25. The lowest BCUT2D eigenvalue weighted by molar-refractivity contribution is 0.366. The second-order valence-electron chi connectivity index (χ2n) is 4.92. The van der Waals surface area contributed by atoms with Crippen LogP contribution in [0.25, 0.3) is 0 Å². The molecule has 1 N–H and O–H groups in total. The van der Waals surface area contributed by atoms with Crippen molar-refractivity contribution in [2.24, 2.45) is 5.92 Å². The minimum absolute atomic E-state index is 0.270. The van der Waals surface area contributed by atoms with Crippen molar-refractivity contribution in [3.05, 3.63) is 29.3 Å². The zero-order valence-electron chi connectivity index (χ0n) is 10.5. The van der Waals surface area contributed by atoms with Crippen molar-refractivity contribution in [3.63, 3.8) is 0 Å². The van der Waals surface area contributed by atoms with Gasteiger partial charge in [0.2, 0.25) is 10.0 Å². The summed E-state index contributed by atoms with van der Waals surface area (Å²) in [4.78, 5) is 0.864.